The van der Waals surface area contributed by atoms with Crippen molar-refractivity contribution < 1.29 is 35.9 Å². The summed E-state index contributed by atoms with van der Waals surface area (Å²) in [5, 5.41) is 8.66. The van der Waals surface area contributed by atoms with Crippen molar-refractivity contribution in [3.63, 3.8) is 0 Å². The van der Waals surface area contributed by atoms with Crippen LogP contribution in [0.25, 0.3) is 0 Å². The topological polar surface area (TPSA) is 50.1 Å². The van der Waals surface area contributed by atoms with Gasteiger partial charge in [0.15, 0.2) is 0 Å². The van der Waals surface area contributed by atoms with E-state index in [0.717, 1.165) is 31.4 Å². The Kier molecular flexibility index (Phi) is 8.39. The highest BCUT2D eigenvalue weighted by Crippen LogP contribution is 2.23. The van der Waals surface area contributed by atoms with E-state index in [9.17, 15) is 31.1 Å². The van der Waals surface area contributed by atoms with Crippen LogP contribution < -0.4 is 4.74 Å². The zero-order chi connectivity index (χ0) is 26.4. The van der Waals surface area contributed by atoms with Gasteiger partial charge in [0.1, 0.15) is 57.8 Å². The molecule has 0 atom stereocenters. The smallest absolute Gasteiger partial charge is 0.349 e. The number of nitrogens with zero attached hydrogens (tertiary/aromatic N) is 1. The Morgan fingerprint density at radius 3 is 1.86 bits per heavy atom. The Labute approximate surface area is 202 Å². The van der Waals surface area contributed by atoms with E-state index >= 15 is 0 Å². The van der Waals surface area contributed by atoms with E-state index in [1.807, 2.05) is 6.92 Å². The van der Waals surface area contributed by atoms with Gasteiger partial charge in [-0.2, -0.15) is 5.26 Å². The zero-order valence-electron chi connectivity index (χ0n) is 18.8. The second-order valence-corrected chi connectivity index (χ2v) is 7.72. The zero-order valence-corrected chi connectivity index (χ0v) is 18.8. The number of carbonyl (C=O) groups excluding carboxylic acids is 1. The molecule has 36 heavy (non-hydrogen) atoms. The van der Waals surface area contributed by atoms with Crippen LogP contribution in [-0.2, 0) is 6.42 Å². The minimum atomic E-state index is -1.61. The van der Waals surface area contributed by atoms with E-state index < -0.39 is 63.3 Å². The summed E-state index contributed by atoms with van der Waals surface area (Å²) in [7, 11) is 0. The van der Waals surface area contributed by atoms with E-state index in [0.29, 0.717) is 36.2 Å². The normalized spacial score (nSPS) is 10.4. The molecular formula is C27H17F6NO2. The van der Waals surface area contributed by atoms with Gasteiger partial charge in [-0.25, -0.2) is 31.1 Å². The lowest BCUT2D eigenvalue weighted by Gasteiger charge is -2.08. The van der Waals surface area contributed by atoms with Crippen molar-refractivity contribution in [2.75, 3.05) is 0 Å². The van der Waals surface area contributed by atoms with Crippen molar-refractivity contribution in [2.45, 2.75) is 32.6 Å². The van der Waals surface area contributed by atoms with E-state index in [4.69, 9.17) is 5.26 Å². The molecule has 3 rings (SSSR count). The summed E-state index contributed by atoms with van der Waals surface area (Å²) in [5.74, 6) is -5.24. The Morgan fingerprint density at radius 1 is 0.778 bits per heavy atom. The summed E-state index contributed by atoms with van der Waals surface area (Å²) >= 11 is 0. The molecule has 0 aliphatic carbocycles. The average molecular weight is 501 g/mol. The molecule has 0 heterocycles. The van der Waals surface area contributed by atoms with Gasteiger partial charge in [0.05, 0.1) is 5.56 Å². The largest absolute Gasteiger partial charge is 0.423 e. The molecular weight excluding hydrogens is 484 g/mol. The van der Waals surface area contributed by atoms with Crippen LogP contribution in [0.5, 0.6) is 5.75 Å². The van der Waals surface area contributed by atoms with E-state index in [1.54, 1.807) is 0 Å². The first kappa shape index (κ1) is 26.4. The van der Waals surface area contributed by atoms with Gasteiger partial charge in [-0.15, -0.1) is 0 Å². The van der Waals surface area contributed by atoms with Gasteiger partial charge in [0, 0.05) is 17.7 Å². The Hall–Kier alpha value is -4.24. The molecule has 3 nitrogen and oxygen atoms in total. The first-order valence-electron chi connectivity index (χ1n) is 10.7. The van der Waals surface area contributed by atoms with Crippen LogP contribution in [0, 0.1) is 58.1 Å². The molecule has 3 aromatic carbocycles. The molecule has 0 aliphatic rings. The fourth-order valence-electron chi connectivity index (χ4n) is 3.32. The van der Waals surface area contributed by atoms with Gasteiger partial charge in [0.2, 0.25) is 0 Å². The number of rotatable bonds is 6. The number of aryl methyl sites for hydroxylation is 1. The molecule has 0 saturated heterocycles. The highest BCUT2D eigenvalue weighted by Gasteiger charge is 2.22. The number of benzene rings is 3. The Bertz CT molecular complexity index is 1360. The molecule has 0 bridgehead atoms. The van der Waals surface area contributed by atoms with Gasteiger partial charge in [-0.1, -0.05) is 31.6 Å². The number of ether oxygens (including phenoxy) is 1. The first-order valence-corrected chi connectivity index (χ1v) is 10.7. The second-order valence-electron chi connectivity index (χ2n) is 7.72. The molecule has 9 heteroatoms. The summed E-state index contributed by atoms with van der Waals surface area (Å²) in [4.78, 5) is 12.2. The van der Waals surface area contributed by atoms with Crippen LogP contribution in [0.4, 0.5) is 26.3 Å². The van der Waals surface area contributed by atoms with Gasteiger partial charge < -0.3 is 4.74 Å². The quantitative estimate of drug-likeness (QED) is 0.124. The number of unbranched alkanes of at least 4 members (excludes halogenated alkanes) is 2. The van der Waals surface area contributed by atoms with Gasteiger partial charge in [-0.05, 0) is 42.7 Å². The van der Waals surface area contributed by atoms with E-state index in [-0.39, 0.29) is 5.56 Å². The maximum absolute atomic E-state index is 14.5. The van der Waals surface area contributed by atoms with Crippen molar-refractivity contribution in [1.82, 2.24) is 0 Å². The minimum Gasteiger partial charge on any atom is -0.423 e. The fraction of sp³-hybridized carbons (Fsp3) is 0.185. The molecule has 3 aromatic rings. The molecule has 0 aliphatic heterocycles. The van der Waals surface area contributed by atoms with Crippen molar-refractivity contribution >= 4 is 5.97 Å². The molecule has 0 spiro atoms. The third-order valence-electron chi connectivity index (χ3n) is 5.09. The van der Waals surface area contributed by atoms with Crippen molar-refractivity contribution in [2.24, 2.45) is 0 Å². The first-order chi connectivity index (χ1) is 17.1. The fourth-order valence-corrected chi connectivity index (χ4v) is 3.32. The second kappa shape index (κ2) is 11.5. The SMILES string of the molecule is CCCCCc1cc(F)c(C#Cc2cc(F)c(C(=O)Oc3cc(F)c(C#N)c(F)c3)c(F)c2)c(F)c1. The lowest BCUT2D eigenvalue weighted by atomic mass is 10.0. The van der Waals surface area contributed by atoms with Gasteiger partial charge in [-0.3, -0.25) is 0 Å². The van der Waals surface area contributed by atoms with Crippen molar-refractivity contribution in [3.05, 3.63) is 99.1 Å². The molecule has 184 valence electrons. The maximum atomic E-state index is 14.5. The van der Waals surface area contributed by atoms with Gasteiger partial charge in [0.25, 0.3) is 0 Å². The molecule has 0 amide bonds. The lowest BCUT2D eigenvalue weighted by Crippen LogP contribution is -2.14. The van der Waals surface area contributed by atoms with Crippen molar-refractivity contribution in [1.29, 1.82) is 5.26 Å². The summed E-state index contributed by atoms with van der Waals surface area (Å²) in [6.45, 7) is 2.00. The molecule has 0 N–H and O–H groups in total. The standard InChI is InChI=1S/C27H17F6NO2/c1-2-3-4-5-15-8-20(28)18(21(29)9-15)7-6-16-10-24(32)26(25(33)11-16)27(35)36-17-12-22(30)19(14-34)23(31)13-17/h8-13H,2-5H2,1H3. The van der Waals surface area contributed by atoms with Crippen LogP contribution in [-0.4, -0.2) is 5.97 Å². The summed E-state index contributed by atoms with van der Waals surface area (Å²) in [6.07, 6.45) is 3.12. The Morgan fingerprint density at radius 2 is 1.33 bits per heavy atom. The summed E-state index contributed by atoms with van der Waals surface area (Å²) in [6, 6.07) is 5.87. The van der Waals surface area contributed by atoms with Crippen LogP contribution in [0.15, 0.2) is 36.4 Å². The van der Waals surface area contributed by atoms with Crippen LogP contribution in [0.2, 0.25) is 0 Å². The van der Waals surface area contributed by atoms with E-state index in [1.165, 1.54) is 6.07 Å². The average Bonchev–Trinajstić information content (AvgIpc) is 2.78. The predicted octanol–water partition coefficient (Wildman–Crippen LogP) is 6.74. The number of hydrogen-bond donors (Lipinski definition) is 0. The highest BCUT2D eigenvalue weighted by molar-refractivity contribution is 5.91. The number of halogens is 6. The monoisotopic (exact) mass is 501 g/mol. The Balaban J connectivity index is 1.84. The minimum absolute atomic E-state index is 0.331. The van der Waals surface area contributed by atoms with Crippen LogP contribution in [0.3, 0.4) is 0 Å². The predicted molar refractivity (Wildman–Crippen MR) is 118 cm³/mol. The van der Waals surface area contributed by atoms with Crippen molar-refractivity contribution in [3.8, 4) is 23.7 Å². The molecule has 0 radical (unpaired) electrons. The molecule has 0 unspecified atom stereocenters. The number of esters is 1. The number of carbonyl (C=O) groups is 1. The third kappa shape index (κ3) is 6.05. The van der Waals surface area contributed by atoms with Gasteiger partial charge >= 0.3 is 5.97 Å². The third-order valence-corrected chi connectivity index (χ3v) is 5.09. The molecule has 0 aromatic heterocycles. The van der Waals surface area contributed by atoms with E-state index in [2.05, 4.69) is 16.6 Å². The maximum Gasteiger partial charge on any atom is 0.349 e. The lowest BCUT2D eigenvalue weighted by molar-refractivity contribution is 0.0723. The molecule has 0 fully saturated rings. The van der Waals surface area contributed by atoms with Crippen LogP contribution in [0.1, 0.15) is 58.8 Å². The summed E-state index contributed by atoms with van der Waals surface area (Å²) in [5.41, 5.74) is -2.55. The highest BCUT2D eigenvalue weighted by atomic mass is 19.2. The van der Waals surface area contributed by atoms with Crippen LogP contribution >= 0.6 is 0 Å². The summed E-state index contributed by atoms with van der Waals surface area (Å²) < 4.78 is 89.6. The molecule has 0 saturated carbocycles. The number of hydrogen-bond acceptors (Lipinski definition) is 3. The number of nitriles is 1.